The SMILES string of the molecule is C=C(C)[C@@H]1CC=C(CN2CCC(n3cc(C(=O)N(C)CCO)nn3)CC2)CC1. The first-order valence-electron chi connectivity index (χ1n) is 10.3. The average Bonchev–Trinajstić information content (AvgIpc) is 3.18. The van der Waals surface area contributed by atoms with Crippen molar-refractivity contribution in [3.05, 3.63) is 35.7 Å². The molecule has 0 radical (unpaired) electrons. The van der Waals surface area contributed by atoms with Crippen molar-refractivity contribution in [2.75, 3.05) is 39.8 Å². The van der Waals surface area contributed by atoms with Crippen LogP contribution >= 0.6 is 0 Å². The van der Waals surface area contributed by atoms with Crippen molar-refractivity contribution in [2.24, 2.45) is 5.92 Å². The van der Waals surface area contributed by atoms with Gasteiger partial charge < -0.3 is 10.0 Å². The number of carbonyl (C=O) groups excluding carboxylic acids is 1. The summed E-state index contributed by atoms with van der Waals surface area (Å²) in [6, 6.07) is 0.293. The first-order chi connectivity index (χ1) is 13.5. The van der Waals surface area contributed by atoms with E-state index in [9.17, 15) is 4.79 Å². The molecule has 1 aliphatic carbocycles. The van der Waals surface area contributed by atoms with Crippen LogP contribution in [0.2, 0.25) is 0 Å². The molecule has 7 nitrogen and oxygen atoms in total. The average molecular weight is 388 g/mol. The monoisotopic (exact) mass is 387 g/mol. The van der Waals surface area contributed by atoms with Gasteiger partial charge in [-0.25, -0.2) is 4.68 Å². The van der Waals surface area contributed by atoms with Crippen LogP contribution in [0.1, 0.15) is 55.6 Å². The Labute approximate surface area is 167 Å². The summed E-state index contributed by atoms with van der Waals surface area (Å²) in [5.74, 6) is 0.463. The van der Waals surface area contributed by atoms with Gasteiger partial charge in [-0.15, -0.1) is 5.10 Å². The van der Waals surface area contributed by atoms with Crippen molar-refractivity contribution in [3.63, 3.8) is 0 Å². The van der Waals surface area contributed by atoms with E-state index in [1.54, 1.807) is 18.8 Å². The van der Waals surface area contributed by atoms with E-state index < -0.39 is 0 Å². The number of amides is 1. The van der Waals surface area contributed by atoms with Crippen molar-refractivity contribution in [1.29, 1.82) is 0 Å². The maximum Gasteiger partial charge on any atom is 0.275 e. The molecule has 1 saturated heterocycles. The zero-order valence-electron chi connectivity index (χ0n) is 17.2. The third-order valence-corrected chi connectivity index (χ3v) is 6.07. The van der Waals surface area contributed by atoms with Crippen molar-refractivity contribution in [3.8, 4) is 0 Å². The number of piperidine rings is 1. The van der Waals surface area contributed by atoms with Crippen molar-refractivity contribution in [2.45, 2.75) is 45.1 Å². The molecule has 0 saturated carbocycles. The Morgan fingerprint density at radius 1 is 1.36 bits per heavy atom. The Balaban J connectivity index is 1.48. The third kappa shape index (κ3) is 5.08. The smallest absolute Gasteiger partial charge is 0.275 e. The number of aliphatic hydroxyl groups is 1. The van der Waals surface area contributed by atoms with Crippen LogP contribution in [0, 0.1) is 5.92 Å². The minimum atomic E-state index is -0.199. The molecule has 2 aliphatic rings. The van der Waals surface area contributed by atoms with Gasteiger partial charge in [0.15, 0.2) is 5.69 Å². The van der Waals surface area contributed by atoms with Gasteiger partial charge in [-0.2, -0.15) is 0 Å². The molecule has 2 heterocycles. The fourth-order valence-corrected chi connectivity index (χ4v) is 4.11. The fraction of sp³-hybridized carbons (Fsp3) is 0.667. The third-order valence-electron chi connectivity index (χ3n) is 6.07. The Bertz CT molecular complexity index is 718. The summed E-state index contributed by atoms with van der Waals surface area (Å²) in [6.45, 7) is 9.64. The summed E-state index contributed by atoms with van der Waals surface area (Å²) >= 11 is 0. The molecule has 7 heteroatoms. The lowest BCUT2D eigenvalue weighted by Crippen LogP contribution is -2.36. The highest BCUT2D eigenvalue weighted by molar-refractivity contribution is 5.91. The molecule has 1 aliphatic heterocycles. The number of aliphatic hydroxyl groups excluding tert-OH is 1. The Morgan fingerprint density at radius 2 is 2.11 bits per heavy atom. The number of likely N-dealkylation sites (tertiary alicyclic amines) is 1. The zero-order chi connectivity index (χ0) is 20.1. The van der Waals surface area contributed by atoms with Gasteiger partial charge in [-0.3, -0.25) is 9.69 Å². The Morgan fingerprint density at radius 3 is 2.71 bits per heavy atom. The van der Waals surface area contributed by atoms with E-state index >= 15 is 0 Å². The van der Waals surface area contributed by atoms with E-state index in [1.165, 1.54) is 23.3 Å². The van der Waals surface area contributed by atoms with Crippen LogP contribution in [0.25, 0.3) is 0 Å². The van der Waals surface area contributed by atoms with Gasteiger partial charge in [0.1, 0.15) is 0 Å². The number of likely N-dealkylation sites (N-methyl/N-ethyl adjacent to an activating group) is 1. The molecule has 3 rings (SSSR count). The lowest BCUT2D eigenvalue weighted by molar-refractivity contribution is 0.0761. The van der Waals surface area contributed by atoms with Gasteiger partial charge in [0.2, 0.25) is 0 Å². The first-order valence-corrected chi connectivity index (χ1v) is 10.3. The maximum absolute atomic E-state index is 12.2. The zero-order valence-corrected chi connectivity index (χ0v) is 17.2. The van der Waals surface area contributed by atoms with Gasteiger partial charge in [-0.05, 0) is 44.9 Å². The second-order valence-electron chi connectivity index (χ2n) is 8.22. The normalized spacial score (nSPS) is 21.4. The molecule has 1 N–H and O–H groups in total. The summed E-state index contributed by atoms with van der Waals surface area (Å²) in [4.78, 5) is 16.2. The first kappa shape index (κ1) is 20.7. The van der Waals surface area contributed by atoms with E-state index in [4.69, 9.17) is 5.11 Å². The number of allylic oxidation sites excluding steroid dienone is 2. The molecular formula is C21H33N5O2. The van der Waals surface area contributed by atoms with E-state index in [2.05, 4.69) is 34.8 Å². The Kier molecular flexibility index (Phi) is 7.02. The molecule has 1 aromatic heterocycles. The van der Waals surface area contributed by atoms with Gasteiger partial charge in [0, 0.05) is 33.2 Å². The summed E-state index contributed by atoms with van der Waals surface area (Å²) in [5.41, 5.74) is 3.22. The number of rotatable bonds is 7. The number of hydrogen-bond acceptors (Lipinski definition) is 5. The van der Waals surface area contributed by atoms with Crippen LogP contribution in [0.4, 0.5) is 0 Å². The predicted octanol–water partition coefficient (Wildman–Crippen LogP) is 2.28. The summed E-state index contributed by atoms with van der Waals surface area (Å²) in [6.07, 6.45) is 9.77. The lowest BCUT2D eigenvalue weighted by atomic mass is 9.85. The largest absolute Gasteiger partial charge is 0.395 e. The van der Waals surface area contributed by atoms with Crippen LogP contribution in [0.3, 0.4) is 0 Å². The second kappa shape index (κ2) is 9.47. The molecule has 154 valence electrons. The van der Waals surface area contributed by atoms with E-state index in [1.807, 2.05) is 4.68 Å². The molecule has 1 amide bonds. The van der Waals surface area contributed by atoms with E-state index in [0.717, 1.165) is 38.9 Å². The molecule has 1 aromatic rings. The highest BCUT2D eigenvalue weighted by atomic mass is 16.3. The van der Waals surface area contributed by atoms with Gasteiger partial charge in [0.05, 0.1) is 18.8 Å². The molecule has 0 spiro atoms. The van der Waals surface area contributed by atoms with E-state index in [-0.39, 0.29) is 12.5 Å². The molecule has 1 fully saturated rings. The highest BCUT2D eigenvalue weighted by Crippen LogP contribution is 2.29. The molecule has 28 heavy (non-hydrogen) atoms. The molecule has 0 bridgehead atoms. The number of nitrogens with zero attached hydrogens (tertiary/aromatic N) is 5. The Hall–Kier alpha value is -1.99. The van der Waals surface area contributed by atoms with Crippen LogP contribution in [-0.4, -0.2) is 75.6 Å². The number of aromatic nitrogens is 3. The maximum atomic E-state index is 12.2. The summed E-state index contributed by atoms with van der Waals surface area (Å²) in [5, 5.41) is 17.2. The predicted molar refractivity (Wildman–Crippen MR) is 109 cm³/mol. The molecular weight excluding hydrogens is 354 g/mol. The van der Waals surface area contributed by atoms with Crippen molar-refractivity contribution < 1.29 is 9.90 Å². The summed E-state index contributed by atoms with van der Waals surface area (Å²) in [7, 11) is 1.66. The van der Waals surface area contributed by atoms with Crippen LogP contribution in [-0.2, 0) is 0 Å². The minimum Gasteiger partial charge on any atom is -0.395 e. The quantitative estimate of drug-likeness (QED) is 0.727. The number of carbonyl (C=O) groups is 1. The lowest BCUT2D eigenvalue weighted by Gasteiger charge is -2.33. The minimum absolute atomic E-state index is 0.0564. The molecule has 0 unspecified atom stereocenters. The van der Waals surface area contributed by atoms with E-state index in [0.29, 0.717) is 24.2 Å². The van der Waals surface area contributed by atoms with Crippen molar-refractivity contribution >= 4 is 5.91 Å². The fourth-order valence-electron chi connectivity index (χ4n) is 4.11. The molecule has 0 aromatic carbocycles. The van der Waals surface area contributed by atoms with Gasteiger partial charge in [-0.1, -0.05) is 29.0 Å². The van der Waals surface area contributed by atoms with Gasteiger partial charge >= 0.3 is 0 Å². The topological polar surface area (TPSA) is 74.5 Å². The van der Waals surface area contributed by atoms with Crippen molar-refractivity contribution in [1.82, 2.24) is 24.8 Å². The van der Waals surface area contributed by atoms with Crippen LogP contribution < -0.4 is 0 Å². The summed E-state index contributed by atoms with van der Waals surface area (Å²) < 4.78 is 1.84. The standard InChI is InChI=1S/C21H33N5O2/c1-16(2)18-6-4-17(5-7-18)14-25-10-8-19(9-11-25)26-15-20(22-23-26)21(28)24(3)12-13-27/h4,15,18-19,27H,1,5-14H2,2-3H3/t18-/m1/s1. The van der Waals surface area contributed by atoms with Crippen LogP contribution in [0.5, 0.6) is 0 Å². The second-order valence-corrected chi connectivity index (χ2v) is 8.22. The molecule has 1 atom stereocenters. The van der Waals surface area contributed by atoms with Gasteiger partial charge in [0.25, 0.3) is 5.91 Å². The highest BCUT2D eigenvalue weighted by Gasteiger charge is 2.24. The van der Waals surface area contributed by atoms with Crippen LogP contribution in [0.15, 0.2) is 30.0 Å². The number of hydrogen-bond donors (Lipinski definition) is 1.